The summed E-state index contributed by atoms with van der Waals surface area (Å²) >= 11 is 0. The zero-order valence-electron chi connectivity index (χ0n) is 13.4. The van der Waals surface area contributed by atoms with Gasteiger partial charge in [0.2, 0.25) is 0 Å². The molecule has 0 aliphatic carbocycles. The number of carbonyl (C=O) groups excluding carboxylic acids is 1. The average molecular weight is 332 g/mol. The van der Waals surface area contributed by atoms with Crippen molar-refractivity contribution in [2.45, 2.75) is 25.7 Å². The summed E-state index contributed by atoms with van der Waals surface area (Å²) in [6.07, 6.45) is -0.849. The van der Waals surface area contributed by atoms with E-state index >= 15 is 0 Å². The van der Waals surface area contributed by atoms with Crippen LogP contribution in [0.2, 0.25) is 0 Å². The zero-order valence-corrected chi connectivity index (χ0v) is 14.2. The zero-order chi connectivity index (χ0) is 16.9. The second kappa shape index (κ2) is 7.28. The lowest BCUT2D eigenvalue weighted by Crippen LogP contribution is -2.16. The molecule has 6 heteroatoms. The van der Waals surface area contributed by atoms with Crippen LogP contribution in [0.5, 0.6) is 0 Å². The molecule has 0 aliphatic rings. The second-order valence-electron chi connectivity index (χ2n) is 5.10. The number of nitrogens with zero attached hydrogens (tertiary/aromatic N) is 1. The summed E-state index contributed by atoms with van der Waals surface area (Å²) in [6, 6.07) is 14.4. The number of anilines is 1. The second-order valence-corrected chi connectivity index (χ2v) is 7.01. The molecule has 122 valence electrons. The van der Waals surface area contributed by atoms with Crippen LogP contribution < -0.4 is 4.72 Å². The Morgan fingerprint density at radius 3 is 2.09 bits per heavy atom. The molecule has 1 atom stereocenters. The van der Waals surface area contributed by atoms with E-state index in [-0.39, 0.29) is 6.61 Å². The molecule has 1 amide bonds. The predicted molar refractivity (Wildman–Crippen MR) is 91.8 cm³/mol. The van der Waals surface area contributed by atoms with E-state index in [1.165, 1.54) is 0 Å². The maximum Gasteiger partial charge on any atom is 0.443 e. The van der Waals surface area contributed by atoms with E-state index in [4.69, 9.17) is 4.74 Å². The monoisotopic (exact) mass is 332 g/mol. The molecule has 23 heavy (non-hydrogen) atoms. The minimum absolute atomic E-state index is 0.177. The van der Waals surface area contributed by atoms with Gasteiger partial charge in [0, 0.05) is 5.69 Å². The summed E-state index contributed by atoms with van der Waals surface area (Å²) in [7, 11) is -3.17. The molecule has 0 saturated heterocycles. The van der Waals surface area contributed by atoms with Crippen LogP contribution in [-0.4, -0.2) is 16.9 Å². The van der Waals surface area contributed by atoms with Crippen molar-refractivity contribution in [3.05, 3.63) is 59.7 Å². The highest BCUT2D eigenvalue weighted by atomic mass is 32.2. The number of carbonyl (C=O) groups is 1. The molecule has 0 saturated carbocycles. The fourth-order valence-electron chi connectivity index (χ4n) is 1.89. The van der Waals surface area contributed by atoms with Gasteiger partial charge in [0.15, 0.2) is 9.92 Å². The quantitative estimate of drug-likeness (QED) is 0.907. The van der Waals surface area contributed by atoms with Crippen LogP contribution >= 0.6 is 0 Å². The first kappa shape index (κ1) is 17.0. The van der Waals surface area contributed by atoms with Gasteiger partial charge in [-0.05, 0) is 45.0 Å². The van der Waals surface area contributed by atoms with Gasteiger partial charge in [0.1, 0.15) is 0 Å². The third kappa shape index (κ3) is 4.56. The van der Waals surface area contributed by atoms with E-state index in [9.17, 15) is 9.00 Å². The summed E-state index contributed by atoms with van der Waals surface area (Å²) in [5.41, 5.74) is 2.73. The molecular weight excluding hydrogens is 312 g/mol. The Kier molecular flexibility index (Phi) is 5.39. The molecule has 0 radical (unpaired) electrons. The maximum atomic E-state index is 13.3. The molecule has 0 heterocycles. The number of amides is 1. The van der Waals surface area contributed by atoms with Crippen LogP contribution in [0.1, 0.15) is 18.1 Å². The van der Waals surface area contributed by atoms with Gasteiger partial charge in [0.25, 0.3) is 0 Å². The van der Waals surface area contributed by atoms with Crippen molar-refractivity contribution in [3.63, 3.8) is 0 Å². The highest BCUT2D eigenvalue weighted by molar-refractivity contribution is 7.95. The molecule has 0 fully saturated rings. The van der Waals surface area contributed by atoms with Crippen LogP contribution in [0.3, 0.4) is 0 Å². The molecule has 0 aromatic heterocycles. The van der Waals surface area contributed by atoms with Gasteiger partial charge >= 0.3 is 6.09 Å². The molecule has 5 nitrogen and oxygen atoms in total. The Morgan fingerprint density at radius 1 is 1.04 bits per heavy atom. The lowest BCUT2D eigenvalue weighted by Gasteiger charge is -2.13. The number of hydrogen-bond acceptors (Lipinski definition) is 3. The fourth-order valence-corrected chi connectivity index (χ4v) is 3.39. The Balaban J connectivity index is 2.46. The largest absolute Gasteiger partial charge is 0.448 e. The van der Waals surface area contributed by atoms with Crippen LogP contribution in [0.15, 0.2) is 57.8 Å². The molecular formula is C17H20N2O3S. The van der Waals surface area contributed by atoms with Crippen LogP contribution in [0.25, 0.3) is 0 Å². The van der Waals surface area contributed by atoms with E-state index in [1.54, 1.807) is 31.2 Å². The van der Waals surface area contributed by atoms with Gasteiger partial charge in [0.05, 0.1) is 11.5 Å². The normalized spacial score (nSPS) is 13.0. The standard InChI is InChI=1S/C17H20N2O3S/c1-4-22-17(20)19-23(21,16-11-7-14(3)8-12-16)18-15-9-5-13(2)6-10-15/h5-12H,4H2,1-3H3,(H,18,19,20,21). The highest BCUT2D eigenvalue weighted by Gasteiger charge is 2.16. The maximum absolute atomic E-state index is 13.3. The predicted octanol–water partition coefficient (Wildman–Crippen LogP) is 4.31. The number of nitrogens with one attached hydrogen (secondary N) is 1. The van der Waals surface area contributed by atoms with E-state index in [2.05, 4.69) is 9.08 Å². The lowest BCUT2D eigenvalue weighted by atomic mass is 10.2. The number of rotatable bonds is 4. The van der Waals surface area contributed by atoms with Crippen LogP contribution in [0.4, 0.5) is 10.5 Å². The van der Waals surface area contributed by atoms with E-state index in [0.29, 0.717) is 10.6 Å². The van der Waals surface area contributed by atoms with Crippen molar-refractivity contribution in [2.75, 3.05) is 11.3 Å². The summed E-state index contributed by atoms with van der Waals surface area (Å²) in [4.78, 5) is 12.2. The smallest absolute Gasteiger partial charge is 0.443 e. The van der Waals surface area contributed by atoms with Crippen molar-refractivity contribution in [1.82, 2.24) is 0 Å². The van der Waals surface area contributed by atoms with Gasteiger partial charge in [-0.25, -0.2) is 9.00 Å². The van der Waals surface area contributed by atoms with Crippen molar-refractivity contribution >= 4 is 21.7 Å². The summed E-state index contributed by atoms with van der Waals surface area (Å²) in [5, 5.41) is 0. The van der Waals surface area contributed by atoms with Crippen molar-refractivity contribution in [2.24, 2.45) is 4.36 Å². The molecule has 1 N–H and O–H groups in total. The van der Waals surface area contributed by atoms with Crippen molar-refractivity contribution < 1.29 is 13.7 Å². The minimum Gasteiger partial charge on any atom is -0.448 e. The third-order valence-electron chi connectivity index (χ3n) is 3.12. The van der Waals surface area contributed by atoms with Crippen LogP contribution in [0, 0.1) is 13.8 Å². The first-order chi connectivity index (χ1) is 10.9. The molecule has 0 spiro atoms. The molecule has 1 unspecified atom stereocenters. The summed E-state index contributed by atoms with van der Waals surface area (Å²) in [6.45, 7) is 5.75. The van der Waals surface area contributed by atoms with Gasteiger partial charge in [-0.15, -0.1) is 4.36 Å². The van der Waals surface area contributed by atoms with Gasteiger partial charge in [-0.1, -0.05) is 35.4 Å². The third-order valence-corrected chi connectivity index (χ3v) is 4.95. The van der Waals surface area contributed by atoms with E-state index in [1.807, 2.05) is 38.1 Å². The van der Waals surface area contributed by atoms with Gasteiger partial charge < -0.3 is 4.74 Å². The summed E-state index contributed by atoms with van der Waals surface area (Å²) < 4.78 is 24.7. The Labute approximate surface area is 137 Å². The molecule has 2 aromatic carbocycles. The first-order valence-electron chi connectivity index (χ1n) is 7.28. The Morgan fingerprint density at radius 2 is 1.57 bits per heavy atom. The number of aryl methyl sites for hydroxylation is 2. The molecule has 0 aliphatic heterocycles. The van der Waals surface area contributed by atoms with E-state index in [0.717, 1.165) is 11.1 Å². The lowest BCUT2D eigenvalue weighted by molar-refractivity contribution is 0.164. The number of benzene rings is 2. The molecule has 2 rings (SSSR count). The van der Waals surface area contributed by atoms with Crippen molar-refractivity contribution in [1.29, 1.82) is 0 Å². The Hall–Kier alpha value is -2.34. The highest BCUT2D eigenvalue weighted by Crippen LogP contribution is 2.19. The summed E-state index contributed by atoms with van der Waals surface area (Å²) in [5.74, 6) is 0. The van der Waals surface area contributed by atoms with Gasteiger partial charge in [-0.3, -0.25) is 4.72 Å². The van der Waals surface area contributed by atoms with Crippen molar-refractivity contribution in [3.8, 4) is 0 Å². The van der Waals surface area contributed by atoms with Gasteiger partial charge in [-0.2, -0.15) is 0 Å². The average Bonchev–Trinajstić information content (AvgIpc) is 2.50. The minimum atomic E-state index is -3.17. The Bertz CT molecular complexity index is 790. The number of hydrogen-bond donors (Lipinski definition) is 1. The SMILES string of the molecule is CCOC(=O)N=S(=O)(Nc1ccc(C)cc1)c1ccc(C)cc1. The number of ether oxygens (including phenoxy) is 1. The fraction of sp³-hybridized carbons (Fsp3) is 0.235. The van der Waals surface area contributed by atoms with E-state index < -0.39 is 16.0 Å². The first-order valence-corrected chi connectivity index (χ1v) is 8.79. The van der Waals surface area contributed by atoms with Crippen LogP contribution in [-0.2, 0) is 14.7 Å². The molecule has 2 aromatic rings. The topological polar surface area (TPSA) is 67.8 Å². The molecule has 0 bridgehead atoms.